The van der Waals surface area contributed by atoms with E-state index in [1.807, 2.05) is 22.9 Å². The van der Waals surface area contributed by atoms with Crippen molar-refractivity contribution in [1.82, 2.24) is 1.74 Å². The maximum atomic E-state index is 6.69. The molecular weight excluding hydrogens is 395 g/mol. The molecule has 0 unspecified atom stereocenters. The average Bonchev–Trinajstić information content (AvgIpc) is 1.38. The summed E-state index contributed by atoms with van der Waals surface area (Å²) in [4.78, 5) is 0. The zero-order chi connectivity index (χ0) is 4.28. The van der Waals surface area contributed by atoms with Gasteiger partial charge in [-0.25, -0.2) is 0 Å². The van der Waals surface area contributed by atoms with Crippen molar-refractivity contribution in [2.24, 2.45) is 0 Å². The van der Waals surface area contributed by atoms with E-state index in [2.05, 4.69) is 18.6 Å². The molecule has 0 fully saturated rings. The average molecular weight is 398 g/mol. The van der Waals surface area contributed by atoms with Crippen LogP contribution in [0.5, 0.6) is 0 Å². The molecule has 0 saturated heterocycles. The van der Waals surface area contributed by atoms with Crippen LogP contribution in [0.3, 0.4) is 0 Å². The second-order valence-corrected chi connectivity index (χ2v) is 5.75. The third-order valence-electron chi connectivity index (χ3n) is 0.0241. The van der Waals surface area contributed by atoms with Crippen molar-refractivity contribution in [3.63, 3.8) is 0 Å². The number of hydrogen-bond acceptors (Lipinski definition) is 1. The fraction of sp³-hybridized carbons (Fsp3) is 0. The molecule has 0 aromatic carbocycles. The number of halogens is 3. The molecule has 4 heavy (non-hydrogen) atoms. The van der Waals surface area contributed by atoms with Gasteiger partial charge in [0.05, 0.1) is 0 Å². The van der Waals surface area contributed by atoms with E-state index in [1.54, 1.807) is 0 Å². The van der Waals surface area contributed by atoms with Crippen LogP contribution < -0.4 is 19.2 Å². The van der Waals surface area contributed by atoms with Crippen LogP contribution in [-0.4, -0.2) is 0 Å². The molecule has 0 spiro atoms. The van der Waals surface area contributed by atoms with E-state index < -0.39 is 0 Å². The molecule has 0 saturated carbocycles. The van der Waals surface area contributed by atoms with Gasteiger partial charge < -0.3 is 0 Å². The van der Waals surface area contributed by atoms with E-state index in [1.165, 1.54) is 1.74 Å². The Morgan fingerprint density at radius 3 is 2.50 bits per heavy atom. The summed E-state index contributed by atoms with van der Waals surface area (Å²) in [6.07, 6.45) is 0. The summed E-state index contributed by atoms with van der Waals surface area (Å²) in [6, 6.07) is 0. The molecule has 0 atom stereocenters. The predicted octanol–water partition coefficient (Wildman–Crippen LogP) is -1.72. The van der Waals surface area contributed by atoms with Crippen LogP contribution in [0.4, 0.5) is 0 Å². The Kier molecular flexibility index (Phi) is 5.55. The van der Waals surface area contributed by atoms with Crippen LogP contribution in [0.25, 0.3) is 0 Å². The molecule has 1 nitrogen and oxygen atoms in total. The Hall–Kier alpha value is 2.15. The van der Waals surface area contributed by atoms with Crippen molar-refractivity contribution in [3.8, 4) is 0 Å². The minimum absolute atomic E-state index is 0.00444. The molecular formula is HI3N-. The van der Waals surface area contributed by atoms with Gasteiger partial charge in [0, 0.05) is 0 Å². The topological polar surface area (TPSA) is 12.0 Å². The fourth-order valence-corrected chi connectivity index (χ4v) is 0. The molecule has 0 bridgehead atoms. The van der Waals surface area contributed by atoms with Crippen LogP contribution in [0.15, 0.2) is 0 Å². The van der Waals surface area contributed by atoms with E-state index in [0.717, 1.165) is 0 Å². The van der Waals surface area contributed by atoms with Gasteiger partial charge in [0.25, 0.3) is 0 Å². The third kappa shape index (κ3) is 4.15. The van der Waals surface area contributed by atoms with Gasteiger partial charge in [-0.2, -0.15) is 0 Å². The summed E-state index contributed by atoms with van der Waals surface area (Å²) in [5.41, 5.74) is 0. The summed E-state index contributed by atoms with van der Waals surface area (Å²) < 4.78 is 8.13. The Morgan fingerprint density at radius 2 is 2.50 bits per heavy atom. The molecule has 0 amide bonds. The Bertz CT molecular complexity index is 20.9. The van der Waals surface area contributed by atoms with Crippen LogP contribution >= 0.6 is 41.5 Å². The van der Waals surface area contributed by atoms with Gasteiger partial charge in [0.15, 0.2) is 0 Å². The van der Waals surface area contributed by atoms with E-state index in [9.17, 15) is 0 Å². The molecule has 0 aliphatic heterocycles. The van der Waals surface area contributed by atoms with Crippen LogP contribution in [0.2, 0.25) is 1.41 Å². The standard InChI is InChI=1S/HI3N/c1-3-4-2/h4H/q-1/i/hT. The minimum atomic E-state index is 0.00444. The Balaban J connectivity index is 2.54. The van der Waals surface area contributed by atoms with Crippen molar-refractivity contribution in [2.75, 3.05) is 0 Å². The molecule has 0 radical (unpaired) electrons. The first-order valence-electron chi connectivity index (χ1n) is 0.928. The SMILES string of the molecule is [3H]N(I)[I-]I. The number of nitrogens with one attached hydrogen (secondary N) is 1. The van der Waals surface area contributed by atoms with Crippen LogP contribution in [0.1, 0.15) is 0 Å². The summed E-state index contributed by atoms with van der Waals surface area (Å²) in [6.45, 7) is 0. The first-order chi connectivity index (χ1) is 2.27. The summed E-state index contributed by atoms with van der Waals surface area (Å²) in [7, 11) is 0. The Labute approximate surface area is 61.0 Å². The van der Waals surface area contributed by atoms with Gasteiger partial charge in [-0.05, 0) is 0 Å². The van der Waals surface area contributed by atoms with E-state index >= 15 is 0 Å². The quantitative estimate of drug-likeness (QED) is 0.410. The summed E-state index contributed by atoms with van der Waals surface area (Å²) >= 11 is 4.17. The molecule has 1 N–H and O–H groups in total. The van der Waals surface area contributed by atoms with Crippen molar-refractivity contribution in [3.05, 3.63) is 0 Å². The van der Waals surface area contributed by atoms with Crippen molar-refractivity contribution in [2.45, 2.75) is 0 Å². The van der Waals surface area contributed by atoms with Crippen molar-refractivity contribution < 1.29 is 18.9 Å². The molecule has 0 heterocycles. The van der Waals surface area contributed by atoms with Gasteiger partial charge in [-0.1, -0.05) is 0 Å². The summed E-state index contributed by atoms with van der Waals surface area (Å²) in [5.74, 6) is 0. The fourth-order valence-electron chi connectivity index (χ4n) is 0. The molecule has 28 valence electrons. The van der Waals surface area contributed by atoms with Crippen molar-refractivity contribution in [1.29, 1.82) is 0 Å². The Morgan fingerprint density at radius 1 is 2.25 bits per heavy atom. The van der Waals surface area contributed by atoms with E-state index in [4.69, 9.17) is 1.41 Å². The van der Waals surface area contributed by atoms with Gasteiger partial charge in [0.2, 0.25) is 0 Å². The van der Waals surface area contributed by atoms with Crippen LogP contribution in [0, 0.1) is 0 Å². The van der Waals surface area contributed by atoms with Gasteiger partial charge in [0.1, 0.15) is 0 Å². The molecule has 4 heteroatoms. The number of rotatable bonds is 1. The third-order valence-corrected chi connectivity index (χ3v) is 7.29. The normalized spacial score (nSPS) is 13.2. The predicted molar refractivity (Wildman–Crippen MR) is 31.2 cm³/mol. The number of hydrogen-bond donors (Lipinski definition) is 1. The molecule has 0 aromatic rings. The van der Waals surface area contributed by atoms with Gasteiger partial charge in [-0.15, -0.1) is 0 Å². The zero-order valence-electron chi connectivity index (χ0n) is 2.58. The second-order valence-electron chi connectivity index (χ2n) is 0.128. The second kappa shape index (κ2) is 5.15. The molecule has 0 aliphatic rings. The van der Waals surface area contributed by atoms with Crippen molar-refractivity contribution >= 4 is 41.5 Å². The molecule has 0 aromatic heterocycles. The maximum absolute atomic E-state index is 6.69. The summed E-state index contributed by atoms with van der Waals surface area (Å²) in [5, 5.41) is 0. The van der Waals surface area contributed by atoms with Gasteiger partial charge >= 0.3 is 62.1 Å². The molecule has 0 rings (SSSR count). The van der Waals surface area contributed by atoms with E-state index in [-0.39, 0.29) is 17.5 Å². The van der Waals surface area contributed by atoms with E-state index in [0.29, 0.717) is 0 Å². The van der Waals surface area contributed by atoms with Crippen LogP contribution in [-0.2, 0) is 0 Å². The first kappa shape index (κ1) is 4.31. The molecule has 0 aliphatic carbocycles. The first-order valence-corrected chi connectivity index (χ1v) is 8.70. The zero-order valence-corrected chi connectivity index (χ0v) is 8.05. The monoisotopic (exact) mass is 398 g/mol. The van der Waals surface area contributed by atoms with Gasteiger partial charge in [-0.3, -0.25) is 0 Å².